The summed E-state index contributed by atoms with van der Waals surface area (Å²) in [5.41, 5.74) is 2.71. The minimum absolute atomic E-state index is 0.00122. The molecule has 144 valence electrons. The number of nitrogens with one attached hydrogen (secondary N) is 1. The molecule has 6 nitrogen and oxygen atoms in total. The van der Waals surface area contributed by atoms with Crippen LogP contribution < -0.4 is 0 Å². The molecule has 0 saturated carbocycles. The highest BCUT2D eigenvalue weighted by molar-refractivity contribution is 6.02. The Morgan fingerprint density at radius 1 is 1.07 bits per heavy atom. The number of hydrogen-bond acceptors (Lipinski definition) is 5. The van der Waals surface area contributed by atoms with Gasteiger partial charge in [-0.25, -0.2) is 4.79 Å². The Morgan fingerprint density at radius 3 is 2.37 bits per heavy atom. The van der Waals surface area contributed by atoms with E-state index in [1.807, 2.05) is 37.3 Å². The highest BCUT2D eigenvalue weighted by Crippen LogP contribution is 2.21. The van der Waals surface area contributed by atoms with E-state index in [1.165, 1.54) is 0 Å². The van der Waals surface area contributed by atoms with Gasteiger partial charge in [-0.1, -0.05) is 37.3 Å². The number of ether oxygens (including phenoxy) is 2. The van der Waals surface area contributed by atoms with Gasteiger partial charge >= 0.3 is 11.9 Å². The number of hydrogen-bond donors (Lipinski definition) is 1. The quantitative estimate of drug-likeness (QED) is 0.564. The van der Waals surface area contributed by atoms with Gasteiger partial charge < -0.3 is 14.5 Å². The topological polar surface area (TPSA) is 85.5 Å². The minimum atomic E-state index is -0.475. The van der Waals surface area contributed by atoms with Crippen LogP contribution in [0.3, 0.4) is 0 Å². The Labute approximate surface area is 158 Å². The van der Waals surface area contributed by atoms with Crippen LogP contribution in [-0.2, 0) is 14.3 Å². The Kier molecular flexibility index (Phi) is 6.93. The van der Waals surface area contributed by atoms with Gasteiger partial charge in [-0.05, 0) is 37.8 Å². The van der Waals surface area contributed by atoms with Crippen LogP contribution in [0.1, 0.15) is 63.9 Å². The van der Waals surface area contributed by atoms with Gasteiger partial charge in [-0.3, -0.25) is 9.59 Å². The molecule has 27 heavy (non-hydrogen) atoms. The van der Waals surface area contributed by atoms with E-state index in [0.717, 1.165) is 5.56 Å². The summed E-state index contributed by atoms with van der Waals surface area (Å²) in [6, 6.07) is 9.64. The first kappa shape index (κ1) is 20.4. The maximum atomic E-state index is 12.4. The lowest BCUT2D eigenvalue weighted by Gasteiger charge is -2.11. The van der Waals surface area contributed by atoms with Gasteiger partial charge in [0.25, 0.3) is 0 Å². The van der Waals surface area contributed by atoms with Crippen molar-refractivity contribution in [3.63, 3.8) is 0 Å². The van der Waals surface area contributed by atoms with Crippen LogP contribution >= 0.6 is 0 Å². The van der Waals surface area contributed by atoms with Crippen LogP contribution in [-0.4, -0.2) is 35.9 Å². The number of aryl methyl sites for hydroxylation is 1. The number of esters is 2. The van der Waals surface area contributed by atoms with Crippen LogP contribution in [0.5, 0.6) is 0 Å². The summed E-state index contributed by atoms with van der Waals surface area (Å²) >= 11 is 0. The van der Waals surface area contributed by atoms with Crippen LogP contribution in [0, 0.1) is 13.8 Å². The third kappa shape index (κ3) is 5.06. The van der Waals surface area contributed by atoms with Crippen LogP contribution in [0.25, 0.3) is 0 Å². The molecular weight excluding hydrogens is 346 g/mol. The molecule has 2 rings (SSSR count). The van der Waals surface area contributed by atoms with Gasteiger partial charge in [-0.15, -0.1) is 0 Å². The van der Waals surface area contributed by atoms with Crippen molar-refractivity contribution >= 4 is 17.7 Å². The molecule has 0 amide bonds. The maximum Gasteiger partial charge on any atom is 0.340 e. The second kappa shape index (κ2) is 9.16. The number of H-pyrrole nitrogens is 1. The van der Waals surface area contributed by atoms with E-state index in [-0.39, 0.29) is 37.0 Å². The highest BCUT2D eigenvalue weighted by Gasteiger charge is 2.23. The fraction of sp³-hybridized carbons (Fsp3) is 0.381. The van der Waals surface area contributed by atoms with E-state index < -0.39 is 11.9 Å². The van der Waals surface area contributed by atoms with E-state index in [4.69, 9.17) is 9.47 Å². The summed E-state index contributed by atoms with van der Waals surface area (Å²) in [5, 5.41) is 0. The monoisotopic (exact) mass is 371 g/mol. The number of carbonyl (C=O) groups is 3. The van der Waals surface area contributed by atoms with Gasteiger partial charge in [0, 0.05) is 5.69 Å². The number of aromatic nitrogens is 1. The first-order valence-electron chi connectivity index (χ1n) is 8.95. The summed E-state index contributed by atoms with van der Waals surface area (Å²) in [6.07, 6.45) is 0.189. The predicted molar refractivity (Wildman–Crippen MR) is 101 cm³/mol. The molecule has 1 heterocycles. The average Bonchev–Trinajstić information content (AvgIpc) is 2.95. The van der Waals surface area contributed by atoms with Crippen LogP contribution in [0.2, 0.25) is 0 Å². The number of aromatic amines is 1. The highest BCUT2D eigenvalue weighted by atomic mass is 16.5. The zero-order chi connectivity index (χ0) is 20.0. The molecule has 0 radical (unpaired) electrons. The standard InChI is InChI=1S/C21H25NO5/c1-5-26-21(25)19-14(3)20(22-15(19)4)17(23)12-27-18(24)11-13(2)16-9-7-6-8-10-16/h6-10,13,22H,5,11-12H2,1-4H3. The molecule has 1 aromatic carbocycles. The lowest BCUT2D eigenvalue weighted by atomic mass is 9.98. The molecule has 2 aromatic rings. The summed E-state index contributed by atoms with van der Waals surface area (Å²) in [7, 11) is 0. The van der Waals surface area contributed by atoms with Gasteiger partial charge in [-0.2, -0.15) is 0 Å². The van der Waals surface area contributed by atoms with E-state index in [0.29, 0.717) is 16.8 Å². The molecular formula is C21H25NO5. The molecule has 1 atom stereocenters. The first-order valence-corrected chi connectivity index (χ1v) is 8.95. The maximum absolute atomic E-state index is 12.4. The average molecular weight is 371 g/mol. The van der Waals surface area contributed by atoms with Gasteiger partial charge in [0.1, 0.15) is 0 Å². The largest absolute Gasteiger partial charge is 0.462 e. The SMILES string of the molecule is CCOC(=O)c1c(C)[nH]c(C(=O)COC(=O)CC(C)c2ccccc2)c1C. The number of Topliss-reactive ketones (excluding diaryl/α,β-unsaturated/α-hetero) is 1. The van der Waals surface area contributed by atoms with E-state index in [9.17, 15) is 14.4 Å². The van der Waals surface area contributed by atoms with E-state index in [1.54, 1.807) is 20.8 Å². The van der Waals surface area contributed by atoms with Crippen molar-refractivity contribution in [3.8, 4) is 0 Å². The van der Waals surface area contributed by atoms with Crippen molar-refractivity contribution in [1.82, 2.24) is 4.98 Å². The number of ketones is 1. The third-order valence-corrected chi connectivity index (χ3v) is 4.40. The summed E-state index contributed by atoms with van der Waals surface area (Å²) in [4.78, 5) is 39.4. The van der Waals surface area contributed by atoms with Crippen molar-refractivity contribution in [2.24, 2.45) is 0 Å². The molecule has 0 spiro atoms. The fourth-order valence-electron chi connectivity index (χ4n) is 2.96. The van der Waals surface area contributed by atoms with Crippen LogP contribution in [0.15, 0.2) is 30.3 Å². The lowest BCUT2D eigenvalue weighted by molar-refractivity contribution is -0.142. The summed E-state index contributed by atoms with van der Waals surface area (Å²) < 4.78 is 10.1. The Balaban J connectivity index is 1.96. The summed E-state index contributed by atoms with van der Waals surface area (Å²) in [5.74, 6) is -1.30. The lowest BCUT2D eigenvalue weighted by Crippen LogP contribution is -2.16. The molecule has 1 N–H and O–H groups in total. The van der Waals surface area contributed by atoms with Crippen molar-refractivity contribution in [2.75, 3.05) is 13.2 Å². The Bertz CT molecular complexity index is 823. The molecule has 0 saturated heterocycles. The van der Waals surface area contributed by atoms with E-state index >= 15 is 0 Å². The number of benzene rings is 1. The molecule has 0 aliphatic rings. The second-order valence-electron chi connectivity index (χ2n) is 6.45. The zero-order valence-corrected chi connectivity index (χ0v) is 16.1. The fourth-order valence-corrected chi connectivity index (χ4v) is 2.96. The molecule has 0 aliphatic heterocycles. The Hall–Kier alpha value is -2.89. The Morgan fingerprint density at radius 2 is 1.74 bits per heavy atom. The normalized spacial score (nSPS) is 11.7. The number of rotatable bonds is 8. The zero-order valence-electron chi connectivity index (χ0n) is 16.1. The van der Waals surface area contributed by atoms with Crippen molar-refractivity contribution in [2.45, 2.75) is 40.0 Å². The third-order valence-electron chi connectivity index (χ3n) is 4.40. The molecule has 0 fully saturated rings. The summed E-state index contributed by atoms with van der Waals surface area (Å²) in [6.45, 7) is 6.90. The second-order valence-corrected chi connectivity index (χ2v) is 6.45. The van der Waals surface area contributed by atoms with E-state index in [2.05, 4.69) is 4.98 Å². The van der Waals surface area contributed by atoms with Gasteiger partial charge in [0.15, 0.2) is 6.61 Å². The van der Waals surface area contributed by atoms with Gasteiger partial charge in [0.2, 0.25) is 5.78 Å². The number of carbonyl (C=O) groups excluding carboxylic acids is 3. The van der Waals surface area contributed by atoms with Crippen molar-refractivity contribution in [1.29, 1.82) is 0 Å². The van der Waals surface area contributed by atoms with Crippen molar-refractivity contribution in [3.05, 3.63) is 58.4 Å². The molecule has 0 aliphatic carbocycles. The molecule has 1 aromatic heterocycles. The predicted octanol–water partition coefficient (Wildman–Crippen LogP) is 3.73. The molecule has 1 unspecified atom stereocenters. The van der Waals surface area contributed by atoms with Crippen LogP contribution in [0.4, 0.5) is 0 Å². The molecule has 0 bridgehead atoms. The first-order chi connectivity index (χ1) is 12.8. The smallest absolute Gasteiger partial charge is 0.340 e. The van der Waals surface area contributed by atoms with Gasteiger partial charge in [0.05, 0.1) is 24.3 Å². The van der Waals surface area contributed by atoms with Crippen molar-refractivity contribution < 1.29 is 23.9 Å². The molecule has 6 heteroatoms. The minimum Gasteiger partial charge on any atom is -0.462 e.